The van der Waals surface area contributed by atoms with Crippen molar-refractivity contribution in [3.05, 3.63) is 60.2 Å². The van der Waals surface area contributed by atoms with E-state index in [0.29, 0.717) is 18.6 Å². The van der Waals surface area contributed by atoms with Crippen LogP contribution in [0.2, 0.25) is 0 Å². The lowest BCUT2D eigenvalue weighted by molar-refractivity contribution is -0.133. The third-order valence-corrected chi connectivity index (χ3v) is 8.03. The molecule has 1 unspecified atom stereocenters. The van der Waals surface area contributed by atoms with Crippen LogP contribution in [0, 0.1) is 5.92 Å². The van der Waals surface area contributed by atoms with E-state index in [2.05, 4.69) is 30.3 Å². The van der Waals surface area contributed by atoms with Crippen LogP contribution in [-0.2, 0) is 16.0 Å². The van der Waals surface area contributed by atoms with Gasteiger partial charge in [-0.25, -0.2) is 0 Å². The second-order valence-electron chi connectivity index (χ2n) is 7.93. The van der Waals surface area contributed by atoms with Crippen molar-refractivity contribution in [3.63, 3.8) is 0 Å². The van der Waals surface area contributed by atoms with Crippen LogP contribution >= 0.6 is 23.5 Å². The van der Waals surface area contributed by atoms with Crippen LogP contribution in [-0.4, -0.2) is 50.6 Å². The fourth-order valence-electron chi connectivity index (χ4n) is 3.86. The molecular formula is C25H30O4S2. The van der Waals surface area contributed by atoms with E-state index < -0.39 is 12.1 Å². The molecule has 166 valence electrons. The van der Waals surface area contributed by atoms with Gasteiger partial charge >= 0.3 is 5.97 Å². The Kier molecular flexibility index (Phi) is 9.50. The van der Waals surface area contributed by atoms with E-state index in [1.54, 1.807) is 11.8 Å². The molecule has 3 atom stereocenters. The predicted molar refractivity (Wildman–Crippen MR) is 131 cm³/mol. The molecule has 6 heteroatoms. The van der Waals surface area contributed by atoms with E-state index >= 15 is 0 Å². The van der Waals surface area contributed by atoms with Crippen LogP contribution in [0.3, 0.4) is 0 Å². The quantitative estimate of drug-likeness (QED) is 0.345. The van der Waals surface area contributed by atoms with E-state index in [9.17, 15) is 14.7 Å². The second-order valence-corrected chi connectivity index (χ2v) is 10.3. The number of Topliss-reactive ketones (excluding diaryl/α,β-unsaturated/α-hetero) is 1. The van der Waals surface area contributed by atoms with Gasteiger partial charge in [-0.3, -0.25) is 9.59 Å². The number of aliphatic hydroxyl groups excluding tert-OH is 1. The lowest BCUT2D eigenvalue weighted by Gasteiger charge is -2.15. The Labute approximate surface area is 192 Å². The molecule has 1 fully saturated rings. The molecule has 4 nitrogen and oxygen atoms in total. The summed E-state index contributed by atoms with van der Waals surface area (Å²) in [4.78, 5) is 22.8. The third kappa shape index (κ3) is 7.70. The molecule has 0 spiro atoms. The van der Waals surface area contributed by atoms with Gasteiger partial charge in [0.05, 0.1) is 17.1 Å². The highest BCUT2D eigenvalue weighted by Gasteiger charge is 2.33. The Morgan fingerprint density at radius 3 is 2.77 bits per heavy atom. The number of hydrogen-bond acceptors (Lipinski definition) is 5. The third-order valence-electron chi connectivity index (χ3n) is 5.51. The number of allylic oxidation sites excluding steroid dienone is 1. The molecule has 1 aliphatic carbocycles. The number of aliphatic carboxylic acids is 1. The van der Waals surface area contributed by atoms with Gasteiger partial charge in [-0.05, 0) is 59.4 Å². The number of fused-ring (bicyclic) bond motifs is 1. The predicted octanol–water partition coefficient (Wildman–Crippen LogP) is 4.98. The minimum Gasteiger partial charge on any atom is -0.481 e. The zero-order chi connectivity index (χ0) is 22.1. The maximum absolute atomic E-state index is 12.3. The van der Waals surface area contributed by atoms with Crippen LogP contribution in [0.15, 0.2) is 54.6 Å². The minimum atomic E-state index is -0.784. The number of carbonyl (C=O) groups is 2. The molecule has 0 radical (unpaired) electrons. The molecule has 0 bridgehead atoms. The molecular weight excluding hydrogens is 428 g/mol. The van der Waals surface area contributed by atoms with Gasteiger partial charge in [0, 0.05) is 6.42 Å². The Hall–Kier alpha value is -1.76. The number of hydrogen-bond donors (Lipinski definition) is 2. The highest BCUT2D eigenvalue weighted by Crippen LogP contribution is 2.34. The van der Waals surface area contributed by atoms with E-state index in [4.69, 9.17) is 5.11 Å². The summed E-state index contributed by atoms with van der Waals surface area (Å²) in [7, 11) is 0. The second kappa shape index (κ2) is 12.3. The van der Waals surface area contributed by atoms with Crippen molar-refractivity contribution in [3.8, 4) is 0 Å². The maximum atomic E-state index is 12.3. The summed E-state index contributed by atoms with van der Waals surface area (Å²) in [5.74, 6) is 1.48. The van der Waals surface area contributed by atoms with Gasteiger partial charge < -0.3 is 10.2 Å². The standard InChI is InChI=1S/C25H30O4S2/c26-22(11-7-18-6-8-19-4-1-2-5-21(19)16-18)12-9-20-10-13-23(27)25(20)31-15-3-14-30-17-24(28)29/h1-2,4-6,8-9,12,16,20,22,25-26H,3,7,10-11,13-15,17H2,(H,28,29)/b12-9+/t20-,22?,25+/m0/s1. The summed E-state index contributed by atoms with van der Waals surface area (Å²) in [6.45, 7) is 0. The summed E-state index contributed by atoms with van der Waals surface area (Å²) in [5.41, 5.74) is 1.22. The van der Waals surface area contributed by atoms with Gasteiger partial charge in [-0.1, -0.05) is 54.6 Å². The molecule has 1 saturated carbocycles. The highest BCUT2D eigenvalue weighted by atomic mass is 32.2. The van der Waals surface area contributed by atoms with Gasteiger partial charge in [0.1, 0.15) is 5.78 Å². The molecule has 0 heterocycles. The first kappa shape index (κ1) is 23.9. The van der Waals surface area contributed by atoms with E-state index in [0.717, 1.165) is 30.8 Å². The number of rotatable bonds is 12. The van der Waals surface area contributed by atoms with Gasteiger partial charge in [-0.2, -0.15) is 11.8 Å². The molecule has 31 heavy (non-hydrogen) atoms. The van der Waals surface area contributed by atoms with E-state index in [1.807, 2.05) is 24.3 Å². The first-order chi connectivity index (χ1) is 15.0. The largest absolute Gasteiger partial charge is 0.481 e. The van der Waals surface area contributed by atoms with E-state index in [1.165, 1.54) is 28.1 Å². The Morgan fingerprint density at radius 2 is 1.97 bits per heavy atom. The summed E-state index contributed by atoms with van der Waals surface area (Å²) < 4.78 is 0. The smallest absolute Gasteiger partial charge is 0.313 e. The van der Waals surface area contributed by atoms with Crippen LogP contribution in [0.4, 0.5) is 0 Å². The number of aliphatic hydroxyl groups is 1. The van der Waals surface area contributed by atoms with Crippen LogP contribution in [0.1, 0.15) is 31.2 Å². The number of benzene rings is 2. The number of thioether (sulfide) groups is 2. The first-order valence-electron chi connectivity index (χ1n) is 10.8. The average Bonchev–Trinajstić information content (AvgIpc) is 3.12. The number of carboxylic acid groups (broad SMARTS) is 1. The number of carboxylic acids is 1. The Balaban J connectivity index is 1.42. The number of ketones is 1. The van der Waals surface area contributed by atoms with E-state index in [-0.39, 0.29) is 16.9 Å². The van der Waals surface area contributed by atoms with Gasteiger partial charge in [0.25, 0.3) is 0 Å². The molecule has 0 aliphatic heterocycles. The van der Waals surface area contributed by atoms with Gasteiger partial charge in [-0.15, -0.1) is 11.8 Å². The van der Waals surface area contributed by atoms with Crippen molar-refractivity contribution < 1.29 is 19.8 Å². The zero-order valence-electron chi connectivity index (χ0n) is 17.6. The average molecular weight is 459 g/mol. The molecule has 1 aliphatic rings. The monoisotopic (exact) mass is 458 g/mol. The fraction of sp³-hybridized carbons (Fsp3) is 0.440. The van der Waals surface area contributed by atoms with Crippen molar-refractivity contribution >= 4 is 46.0 Å². The maximum Gasteiger partial charge on any atom is 0.313 e. The van der Waals surface area contributed by atoms with Crippen molar-refractivity contribution in [1.29, 1.82) is 0 Å². The summed E-state index contributed by atoms with van der Waals surface area (Å²) in [6, 6.07) is 14.7. The lowest BCUT2D eigenvalue weighted by atomic mass is 10.0. The van der Waals surface area contributed by atoms with Crippen molar-refractivity contribution in [2.24, 2.45) is 5.92 Å². The SMILES string of the molecule is O=C(O)CSCCCS[C@H]1C(=O)CC[C@@H]1/C=C/C(O)CCc1ccc2ccccc2c1. The molecule has 2 aromatic carbocycles. The van der Waals surface area contributed by atoms with Crippen molar-refractivity contribution in [2.45, 2.75) is 43.5 Å². The molecule has 0 amide bonds. The molecule has 2 aromatic rings. The van der Waals surface area contributed by atoms with Crippen molar-refractivity contribution in [2.75, 3.05) is 17.3 Å². The van der Waals surface area contributed by atoms with Gasteiger partial charge in [0.15, 0.2) is 0 Å². The fourth-order valence-corrected chi connectivity index (χ4v) is 6.05. The lowest BCUT2D eigenvalue weighted by Crippen LogP contribution is -2.17. The summed E-state index contributed by atoms with van der Waals surface area (Å²) in [6.07, 6.45) is 7.21. The summed E-state index contributed by atoms with van der Waals surface area (Å²) >= 11 is 3.10. The Bertz CT molecular complexity index is 911. The topological polar surface area (TPSA) is 74.6 Å². The zero-order valence-corrected chi connectivity index (χ0v) is 19.2. The summed E-state index contributed by atoms with van der Waals surface area (Å²) in [5, 5.41) is 21.5. The van der Waals surface area contributed by atoms with Crippen molar-refractivity contribution in [1.82, 2.24) is 0 Å². The van der Waals surface area contributed by atoms with Gasteiger partial charge in [0.2, 0.25) is 0 Å². The number of carbonyl (C=O) groups excluding carboxylic acids is 1. The first-order valence-corrected chi connectivity index (χ1v) is 13.0. The molecule has 2 N–H and O–H groups in total. The molecule has 3 rings (SSSR count). The minimum absolute atomic E-state index is 0.0339. The highest BCUT2D eigenvalue weighted by molar-refractivity contribution is 8.01. The molecule has 0 saturated heterocycles. The number of aryl methyl sites for hydroxylation is 1. The Morgan fingerprint density at radius 1 is 1.16 bits per heavy atom. The normalized spacial score (nSPS) is 20.0. The van der Waals surface area contributed by atoms with Crippen LogP contribution < -0.4 is 0 Å². The molecule has 0 aromatic heterocycles. The van der Waals surface area contributed by atoms with Crippen LogP contribution in [0.25, 0.3) is 10.8 Å². The van der Waals surface area contributed by atoms with Crippen LogP contribution in [0.5, 0.6) is 0 Å².